The Bertz CT molecular complexity index is 873. The van der Waals surface area contributed by atoms with Gasteiger partial charge in [-0.1, -0.05) is 6.92 Å². The predicted molar refractivity (Wildman–Crippen MR) is 121 cm³/mol. The van der Waals surface area contributed by atoms with Gasteiger partial charge in [-0.25, -0.2) is 9.78 Å². The van der Waals surface area contributed by atoms with Gasteiger partial charge in [-0.3, -0.25) is 9.67 Å². The molecule has 30 heavy (non-hydrogen) atoms. The van der Waals surface area contributed by atoms with Crippen molar-refractivity contribution in [2.24, 2.45) is 10.9 Å². The van der Waals surface area contributed by atoms with E-state index in [1.807, 2.05) is 32.4 Å². The second kappa shape index (κ2) is 11.1. The van der Waals surface area contributed by atoms with E-state index < -0.39 is 0 Å². The zero-order chi connectivity index (χ0) is 22.3. The van der Waals surface area contributed by atoms with Crippen LogP contribution in [-0.2, 0) is 11.3 Å². The van der Waals surface area contributed by atoms with E-state index >= 15 is 0 Å². The Labute approximate surface area is 183 Å². The second-order valence-corrected chi connectivity index (χ2v) is 8.52. The van der Waals surface area contributed by atoms with Crippen molar-refractivity contribution in [3.63, 3.8) is 0 Å². The highest BCUT2D eigenvalue weighted by Gasteiger charge is 2.20. The normalized spacial score (nSPS) is 13.8. The molecule has 0 bridgehead atoms. The molecule has 0 fully saturated rings. The number of carbonyl (C=O) groups is 1. The van der Waals surface area contributed by atoms with Crippen molar-refractivity contribution in [2.45, 2.75) is 61.1 Å². The van der Waals surface area contributed by atoms with E-state index in [9.17, 15) is 4.79 Å². The lowest BCUT2D eigenvalue weighted by Crippen LogP contribution is -2.39. The molecule has 2 unspecified atom stereocenters. The van der Waals surface area contributed by atoms with Crippen molar-refractivity contribution < 1.29 is 9.53 Å². The van der Waals surface area contributed by atoms with Crippen molar-refractivity contribution in [1.29, 1.82) is 0 Å². The van der Waals surface area contributed by atoms with Gasteiger partial charge in [-0.05, 0) is 53.5 Å². The Balaban J connectivity index is 2.02. The van der Waals surface area contributed by atoms with Crippen molar-refractivity contribution in [3.05, 3.63) is 33.0 Å². The van der Waals surface area contributed by atoms with Gasteiger partial charge >= 0.3 is 5.97 Å². The van der Waals surface area contributed by atoms with Crippen LogP contribution < -0.4 is 10.6 Å². The summed E-state index contributed by atoms with van der Waals surface area (Å²) in [5.41, 5.74) is 2.90. The number of hydrogen-bond acceptors (Lipinski definition) is 6. The number of aromatic nitrogens is 3. The van der Waals surface area contributed by atoms with Crippen LogP contribution in [0.2, 0.25) is 0 Å². The molecule has 9 heteroatoms. The van der Waals surface area contributed by atoms with E-state index in [2.05, 4.69) is 40.6 Å². The van der Waals surface area contributed by atoms with Crippen LogP contribution in [0, 0.1) is 26.7 Å². The minimum absolute atomic E-state index is 0.0824. The number of thiazole rings is 1. The number of esters is 1. The monoisotopic (exact) mass is 434 g/mol. The lowest BCUT2D eigenvalue weighted by molar-refractivity contribution is 0.0531. The maximum atomic E-state index is 12.1. The molecule has 0 aliphatic heterocycles. The summed E-state index contributed by atoms with van der Waals surface area (Å²) in [6, 6.07) is 2.00. The number of guanidine groups is 1. The summed E-state index contributed by atoms with van der Waals surface area (Å²) in [5.74, 6) is 0.756. The fraction of sp³-hybridized carbons (Fsp3) is 0.619. The van der Waals surface area contributed by atoms with E-state index in [-0.39, 0.29) is 12.0 Å². The molecule has 8 nitrogen and oxygen atoms in total. The molecule has 0 spiro atoms. The summed E-state index contributed by atoms with van der Waals surface area (Å²) in [6.07, 6.45) is 0. The van der Waals surface area contributed by atoms with Crippen LogP contribution in [0.1, 0.15) is 65.5 Å². The Kier molecular flexibility index (Phi) is 8.83. The van der Waals surface area contributed by atoms with E-state index in [0.717, 1.165) is 29.8 Å². The van der Waals surface area contributed by atoms with Crippen molar-refractivity contribution in [1.82, 2.24) is 25.4 Å². The van der Waals surface area contributed by atoms with Crippen LogP contribution in [0.4, 0.5) is 0 Å². The minimum atomic E-state index is -0.315. The van der Waals surface area contributed by atoms with Gasteiger partial charge in [0.25, 0.3) is 0 Å². The SMILES string of the molecule is CCNC(=NCC(C)Cn1nc(C)cc1C)NC(C)c1nc(C)c(C(=O)OCC)s1. The van der Waals surface area contributed by atoms with Crippen molar-refractivity contribution >= 4 is 23.3 Å². The van der Waals surface area contributed by atoms with Gasteiger partial charge < -0.3 is 15.4 Å². The minimum Gasteiger partial charge on any atom is -0.462 e. The molecule has 0 saturated carbocycles. The first-order valence-electron chi connectivity index (χ1n) is 10.4. The van der Waals surface area contributed by atoms with Crippen LogP contribution >= 0.6 is 11.3 Å². The quantitative estimate of drug-likeness (QED) is 0.357. The smallest absolute Gasteiger partial charge is 0.350 e. The first-order chi connectivity index (χ1) is 14.2. The van der Waals surface area contributed by atoms with E-state index in [1.165, 1.54) is 17.0 Å². The molecular formula is C21H34N6O2S. The average Bonchev–Trinajstić information content (AvgIpc) is 3.21. The first-order valence-corrected chi connectivity index (χ1v) is 11.3. The Morgan fingerprint density at radius 1 is 1.30 bits per heavy atom. The molecule has 0 aliphatic rings. The van der Waals surface area contributed by atoms with Crippen LogP contribution in [0.15, 0.2) is 11.1 Å². The molecule has 0 radical (unpaired) electrons. The van der Waals surface area contributed by atoms with Gasteiger partial charge in [0.2, 0.25) is 0 Å². The van der Waals surface area contributed by atoms with Crippen LogP contribution in [0.5, 0.6) is 0 Å². The Morgan fingerprint density at radius 2 is 2.03 bits per heavy atom. The van der Waals surface area contributed by atoms with Gasteiger partial charge in [-0.2, -0.15) is 5.10 Å². The third kappa shape index (κ3) is 6.55. The number of hydrogen-bond donors (Lipinski definition) is 2. The highest BCUT2D eigenvalue weighted by Crippen LogP contribution is 2.24. The van der Waals surface area contributed by atoms with Gasteiger partial charge in [0.1, 0.15) is 9.88 Å². The molecule has 0 saturated heterocycles. The second-order valence-electron chi connectivity index (χ2n) is 7.49. The number of carbonyl (C=O) groups excluding carboxylic acids is 1. The molecule has 0 aromatic carbocycles. The summed E-state index contributed by atoms with van der Waals surface area (Å²) in [4.78, 5) is 21.9. The highest BCUT2D eigenvalue weighted by molar-refractivity contribution is 7.13. The summed E-state index contributed by atoms with van der Waals surface area (Å²) >= 11 is 1.36. The van der Waals surface area contributed by atoms with E-state index in [1.54, 1.807) is 6.92 Å². The number of nitrogens with zero attached hydrogens (tertiary/aromatic N) is 4. The van der Waals surface area contributed by atoms with Gasteiger partial charge in [0.05, 0.1) is 24.0 Å². The number of ether oxygens (including phenoxy) is 1. The summed E-state index contributed by atoms with van der Waals surface area (Å²) in [7, 11) is 0. The van der Waals surface area contributed by atoms with Crippen molar-refractivity contribution in [3.8, 4) is 0 Å². The van der Waals surface area contributed by atoms with Gasteiger partial charge in [0, 0.05) is 25.3 Å². The van der Waals surface area contributed by atoms with Crippen LogP contribution in [0.25, 0.3) is 0 Å². The maximum Gasteiger partial charge on any atom is 0.350 e. The molecule has 2 heterocycles. The van der Waals surface area contributed by atoms with E-state index in [0.29, 0.717) is 29.6 Å². The maximum absolute atomic E-state index is 12.1. The molecule has 2 rings (SSSR count). The highest BCUT2D eigenvalue weighted by atomic mass is 32.1. The third-order valence-corrected chi connectivity index (χ3v) is 5.81. The summed E-state index contributed by atoms with van der Waals surface area (Å²) in [6.45, 7) is 16.5. The molecule has 2 aromatic rings. The number of rotatable bonds is 9. The fourth-order valence-electron chi connectivity index (χ4n) is 3.04. The number of aliphatic imine (C=N–C) groups is 1. The number of aryl methyl sites for hydroxylation is 3. The number of nitrogens with one attached hydrogen (secondary N) is 2. The average molecular weight is 435 g/mol. The lowest BCUT2D eigenvalue weighted by atomic mass is 10.2. The van der Waals surface area contributed by atoms with Crippen LogP contribution in [0.3, 0.4) is 0 Å². The fourth-order valence-corrected chi connectivity index (χ4v) is 4.00. The molecular weight excluding hydrogens is 400 g/mol. The largest absolute Gasteiger partial charge is 0.462 e. The standard InChI is InChI=1S/C21H34N6O2S/c1-8-22-21(23-11-13(3)12-27-15(5)10-14(4)26-27)25-17(7)19-24-16(6)18(30-19)20(28)29-9-2/h10,13,17H,8-9,11-12H2,1-7H3,(H2,22,23,25). The Hall–Kier alpha value is -2.42. The molecule has 0 aliphatic carbocycles. The van der Waals surface area contributed by atoms with Crippen molar-refractivity contribution in [2.75, 3.05) is 19.7 Å². The van der Waals surface area contributed by atoms with Gasteiger partial charge in [0.15, 0.2) is 5.96 Å². The lowest BCUT2D eigenvalue weighted by Gasteiger charge is -2.17. The topological polar surface area (TPSA) is 93.4 Å². The molecule has 0 amide bonds. The third-order valence-electron chi connectivity index (χ3n) is 4.49. The predicted octanol–water partition coefficient (Wildman–Crippen LogP) is 3.39. The molecule has 2 aromatic heterocycles. The zero-order valence-corrected chi connectivity index (χ0v) is 19.9. The summed E-state index contributed by atoms with van der Waals surface area (Å²) < 4.78 is 7.15. The van der Waals surface area contributed by atoms with Gasteiger partial charge in [-0.15, -0.1) is 11.3 Å². The van der Waals surface area contributed by atoms with Crippen LogP contribution in [-0.4, -0.2) is 46.4 Å². The Morgan fingerprint density at radius 3 is 2.63 bits per heavy atom. The first kappa shape index (κ1) is 23.9. The zero-order valence-electron chi connectivity index (χ0n) is 19.1. The molecule has 2 N–H and O–H groups in total. The molecule has 2 atom stereocenters. The summed E-state index contributed by atoms with van der Waals surface area (Å²) in [5, 5.41) is 12.0. The van der Waals surface area contributed by atoms with E-state index in [4.69, 9.17) is 9.73 Å². The molecule has 166 valence electrons.